The predicted molar refractivity (Wildman–Crippen MR) is 93.6 cm³/mol. The molecule has 4 rings (SSSR count). The van der Waals surface area contributed by atoms with Gasteiger partial charge in [0.25, 0.3) is 5.91 Å². The SMILES string of the molecule is O=C(N[C@H]1COC2(CNC2)C1)c1ccccc1Nc1ccccc1. The molecule has 0 aliphatic carbocycles. The quantitative estimate of drug-likeness (QED) is 0.808. The Labute approximate surface area is 141 Å². The number of benzene rings is 2. The number of rotatable bonds is 4. The molecular formula is C19H21N3O2. The first-order valence-corrected chi connectivity index (χ1v) is 8.31. The van der Waals surface area contributed by atoms with Crippen molar-refractivity contribution in [1.82, 2.24) is 10.6 Å². The molecule has 2 saturated heterocycles. The third-order valence-corrected chi connectivity index (χ3v) is 4.66. The number of ether oxygens (including phenoxy) is 1. The van der Waals surface area contributed by atoms with Crippen LogP contribution in [-0.4, -0.2) is 37.2 Å². The Morgan fingerprint density at radius 3 is 2.54 bits per heavy atom. The minimum Gasteiger partial charge on any atom is -0.370 e. The third kappa shape index (κ3) is 3.00. The van der Waals surface area contributed by atoms with E-state index in [0.717, 1.165) is 30.9 Å². The maximum absolute atomic E-state index is 12.7. The van der Waals surface area contributed by atoms with Gasteiger partial charge in [0.05, 0.1) is 29.5 Å². The van der Waals surface area contributed by atoms with Crippen LogP contribution in [0.1, 0.15) is 16.8 Å². The van der Waals surface area contributed by atoms with E-state index in [1.54, 1.807) is 0 Å². The second-order valence-electron chi connectivity index (χ2n) is 6.51. The average Bonchev–Trinajstić information content (AvgIpc) is 3.01. The van der Waals surface area contributed by atoms with E-state index in [1.807, 2.05) is 54.6 Å². The number of nitrogens with one attached hydrogen (secondary N) is 3. The molecule has 0 bridgehead atoms. The molecule has 0 radical (unpaired) electrons. The highest BCUT2D eigenvalue weighted by Gasteiger charge is 2.45. The van der Waals surface area contributed by atoms with Crippen molar-refractivity contribution in [2.24, 2.45) is 0 Å². The van der Waals surface area contributed by atoms with E-state index < -0.39 is 0 Å². The minimum absolute atomic E-state index is 0.0558. The van der Waals surface area contributed by atoms with Crippen LogP contribution in [-0.2, 0) is 4.74 Å². The molecule has 2 fully saturated rings. The minimum atomic E-state index is -0.0630. The van der Waals surface area contributed by atoms with Crippen LogP contribution >= 0.6 is 0 Å². The van der Waals surface area contributed by atoms with Gasteiger partial charge in [-0.15, -0.1) is 0 Å². The third-order valence-electron chi connectivity index (χ3n) is 4.66. The maximum Gasteiger partial charge on any atom is 0.253 e. The molecule has 1 atom stereocenters. The fourth-order valence-corrected chi connectivity index (χ4v) is 3.32. The lowest BCUT2D eigenvalue weighted by Gasteiger charge is -2.38. The summed E-state index contributed by atoms with van der Waals surface area (Å²) in [5, 5.41) is 9.67. The molecule has 5 nitrogen and oxygen atoms in total. The summed E-state index contributed by atoms with van der Waals surface area (Å²) in [6.07, 6.45) is 0.875. The number of para-hydroxylation sites is 2. The first kappa shape index (κ1) is 15.2. The second kappa shape index (κ2) is 6.26. The van der Waals surface area contributed by atoms with Gasteiger partial charge in [0.15, 0.2) is 0 Å². The van der Waals surface area contributed by atoms with E-state index in [1.165, 1.54) is 0 Å². The zero-order valence-electron chi connectivity index (χ0n) is 13.4. The Balaban J connectivity index is 1.46. The first-order valence-electron chi connectivity index (χ1n) is 8.31. The lowest BCUT2D eigenvalue weighted by Crippen LogP contribution is -2.59. The number of carbonyl (C=O) groups excluding carboxylic acids is 1. The number of amides is 1. The number of hydrogen-bond acceptors (Lipinski definition) is 4. The largest absolute Gasteiger partial charge is 0.370 e. The van der Waals surface area contributed by atoms with E-state index in [2.05, 4.69) is 16.0 Å². The van der Waals surface area contributed by atoms with Gasteiger partial charge in [-0.2, -0.15) is 0 Å². The predicted octanol–water partition coefficient (Wildman–Crippen LogP) is 2.29. The standard InChI is InChI=1S/C19H21N3O2/c23-18(22-15-10-19(24-11-15)12-20-13-19)16-8-4-5-9-17(16)21-14-6-2-1-3-7-14/h1-9,15,20-21H,10-13H2,(H,22,23)/t15-/m1/s1. The summed E-state index contributed by atoms with van der Waals surface area (Å²) in [5.41, 5.74) is 2.36. The molecule has 2 aromatic rings. The van der Waals surface area contributed by atoms with E-state index in [4.69, 9.17) is 4.74 Å². The lowest BCUT2D eigenvalue weighted by atomic mass is 9.92. The lowest BCUT2D eigenvalue weighted by molar-refractivity contribution is -0.0360. The van der Waals surface area contributed by atoms with Crippen LogP contribution in [0.15, 0.2) is 54.6 Å². The first-order chi connectivity index (χ1) is 11.7. The molecule has 1 spiro atoms. The van der Waals surface area contributed by atoms with Crippen molar-refractivity contribution in [3.63, 3.8) is 0 Å². The van der Waals surface area contributed by atoms with Crippen LogP contribution in [0.3, 0.4) is 0 Å². The van der Waals surface area contributed by atoms with Gasteiger partial charge >= 0.3 is 0 Å². The highest BCUT2D eigenvalue weighted by molar-refractivity contribution is 6.00. The van der Waals surface area contributed by atoms with Gasteiger partial charge in [0.2, 0.25) is 0 Å². The molecule has 2 aliphatic heterocycles. The van der Waals surface area contributed by atoms with Gasteiger partial charge in [0, 0.05) is 25.2 Å². The zero-order valence-corrected chi connectivity index (χ0v) is 13.4. The molecule has 0 unspecified atom stereocenters. The Morgan fingerprint density at radius 2 is 1.83 bits per heavy atom. The van der Waals surface area contributed by atoms with Crippen molar-refractivity contribution < 1.29 is 9.53 Å². The summed E-state index contributed by atoms with van der Waals surface area (Å²) >= 11 is 0. The Hall–Kier alpha value is -2.37. The van der Waals surface area contributed by atoms with E-state index in [-0.39, 0.29) is 17.6 Å². The molecule has 24 heavy (non-hydrogen) atoms. The number of carbonyl (C=O) groups is 1. The van der Waals surface area contributed by atoms with E-state index in [0.29, 0.717) is 12.2 Å². The van der Waals surface area contributed by atoms with Crippen LogP contribution in [0.5, 0.6) is 0 Å². The van der Waals surface area contributed by atoms with Crippen molar-refractivity contribution in [3.05, 3.63) is 60.2 Å². The fraction of sp³-hybridized carbons (Fsp3) is 0.316. The van der Waals surface area contributed by atoms with E-state index in [9.17, 15) is 4.79 Å². The van der Waals surface area contributed by atoms with Gasteiger partial charge in [-0.3, -0.25) is 4.79 Å². The molecule has 1 amide bonds. The van der Waals surface area contributed by atoms with Gasteiger partial charge in [-0.1, -0.05) is 30.3 Å². The molecule has 2 heterocycles. The van der Waals surface area contributed by atoms with Crippen molar-refractivity contribution in [1.29, 1.82) is 0 Å². The Morgan fingerprint density at radius 1 is 1.08 bits per heavy atom. The van der Waals surface area contributed by atoms with Gasteiger partial charge in [-0.25, -0.2) is 0 Å². The monoisotopic (exact) mass is 323 g/mol. The van der Waals surface area contributed by atoms with E-state index >= 15 is 0 Å². The van der Waals surface area contributed by atoms with Crippen molar-refractivity contribution in [3.8, 4) is 0 Å². The molecule has 0 saturated carbocycles. The zero-order chi connectivity index (χ0) is 16.4. The molecule has 124 valence electrons. The van der Waals surface area contributed by atoms with Crippen LogP contribution in [0.4, 0.5) is 11.4 Å². The Kier molecular flexibility index (Phi) is 3.96. The second-order valence-corrected chi connectivity index (χ2v) is 6.51. The summed E-state index contributed by atoms with van der Waals surface area (Å²) in [6.45, 7) is 2.35. The summed E-state index contributed by atoms with van der Waals surface area (Å²) in [6, 6.07) is 17.5. The highest BCUT2D eigenvalue weighted by Crippen LogP contribution is 2.30. The van der Waals surface area contributed by atoms with Crippen LogP contribution in [0.2, 0.25) is 0 Å². The number of hydrogen-bond donors (Lipinski definition) is 3. The topological polar surface area (TPSA) is 62.4 Å². The van der Waals surface area contributed by atoms with Gasteiger partial charge in [-0.05, 0) is 24.3 Å². The molecule has 2 aromatic carbocycles. The Bertz CT molecular complexity index is 728. The fourth-order valence-electron chi connectivity index (χ4n) is 3.32. The van der Waals surface area contributed by atoms with Gasteiger partial charge < -0.3 is 20.7 Å². The van der Waals surface area contributed by atoms with Crippen molar-refractivity contribution in [2.45, 2.75) is 18.1 Å². The van der Waals surface area contributed by atoms with Crippen LogP contribution < -0.4 is 16.0 Å². The summed E-state index contributed by atoms with van der Waals surface area (Å²) in [5.74, 6) is -0.0630. The van der Waals surface area contributed by atoms with Crippen molar-refractivity contribution >= 4 is 17.3 Å². The highest BCUT2D eigenvalue weighted by atomic mass is 16.5. The van der Waals surface area contributed by atoms with Crippen LogP contribution in [0.25, 0.3) is 0 Å². The number of anilines is 2. The summed E-state index contributed by atoms with van der Waals surface area (Å²) < 4.78 is 5.86. The van der Waals surface area contributed by atoms with Crippen molar-refractivity contribution in [2.75, 3.05) is 25.0 Å². The maximum atomic E-state index is 12.7. The van der Waals surface area contributed by atoms with Gasteiger partial charge in [0.1, 0.15) is 0 Å². The smallest absolute Gasteiger partial charge is 0.253 e. The molecule has 0 aromatic heterocycles. The summed E-state index contributed by atoms with van der Waals surface area (Å²) in [4.78, 5) is 12.7. The molecule has 2 aliphatic rings. The summed E-state index contributed by atoms with van der Waals surface area (Å²) in [7, 11) is 0. The normalized spacial score (nSPS) is 21.2. The molecular weight excluding hydrogens is 302 g/mol. The molecule has 3 N–H and O–H groups in total. The average molecular weight is 323 g/mol. The van der Waals surface area contributed by atoms with Crippen LogP contribution in [0, 0.1) is 0 Å². The molecule has 5 heteroatoms.